The summed E-state index contributed by atoms with van der Waals surface area (Å²) in [6.07, 6.45) is 0.102. The van der Waals surface area contributed by atoms with Crippen LogP contribution in [0.4, 0.5) is 5.00 Å². The van der Waals surface area contributed by atoms with Crippen LogP contribution in [0.2, 0.25) is 5.02 Å². The quantitative estimate of drug-likeness (QED) is 0.691. The van der Waals surface area contributed by atoms with Crippen LogP contribution in [-0.4, -0.2) is 31.1 Å². The van der Waals surface area contributed by atoms with Crippen LogP contribution in [0, 0.1) is 6.92 Å². The van der Waals surface area contributed by atoms with Crippen LogP contribution in [0.15, 0.2) is 24.3 Å². The Morgan fingerprint density at radius 2 is 1.63 bits per heavy atom. The van der Waals surface area contributed by atoms with Gasteiger partial charge in [-0.05, 0) is 44.0 Å². The molecule has 0 saturated heterocycles. The molecule has 0 unspecified atom stereocenters. The number of halogens is 1. The van der Waals surface area contributed by atoms with Gasteiger partial charge in [0, 0.05) is 5.02 Å². The molecule has 0 saturated carbocycles. The topological polar surface area (TPSA) is 81.7 Å². The van der Waals surface area contributed by atoms with Crippen molar-refractivity contribution in [1.82, 2.24) is 0 Å². The van der Waals surface area contributed by atoms with Gasteiger partial charge in [0.2, 0.25) is 5.91 Å². The van der Waals surface area contributed by atoms with Crippen molar-refractivity contribution < 1.29 is 23.9 Å². The first kappa shape index (κ1) is 20.9. The number of hydrogen-bond donors (Lipinski definition) is 1. The van der Waals surface area contributed by atoms with Crippen molar-refractivity contribution in [1.29, 1.82) is 0 Å². The highest BCUT2D eigenvalue weighted by Gasteiger charge is 2.27. The first-order valence-electron chi connectivity index (χ1n) is 8.39. The van der Waals surface area contributed by atoms with E-state index in [9.17, 15) is 14.4 Å². The molecule has 6 nitrogen and oxygen atoms in total. The number of carbonyl (C=O) groups is 3. The molecular formula is C19H20ClNO5S. The number of thiophene rings is 1. The largest absolute Gasteiger partial charge is 0.462 e. The van der Waals surface area contributed by atoms with Crippen LogP contribution >= 0.6 is 22.9 Å². The first-order chi connectivity index (χ1) is 12.9. The van der Waals surface area contributed by atoms with E-state index < -0.39 is 11.9 Å². The van der Waals surface area contributed by atoms with Crippen molar-refractivity contribution in [2.24, 2.45) is 0 Å². The van der Waals surface area contributed by atoms with Crippen molar-refractivity contribution in [3.8, 4) is 0 Å². The van der Waals surface area contributed by atoms with Gasteiger partial charge in [-0.15, -0.1) is 11.3 Å². The summed E-state index contributed by atoms with van der Waals surface area (Å²) in [6, 6.07) is 6.89. The fourth-order valence-electron chi connectivity index (χ4n) is 2.40. The lowest BCUT2D eigenvalue weighted by molar-refractivity contribution is -0.115. The molecule has 1 aromatic heterocycles. The summed E-state index contributed by atoms with van der Waals surface area (Å²) in [7, 11) is 0. The van der Waals surface area contributed by atoms with Crippen LogP contribution in [0.3, 0.4) is 0 Å². The fourth-order valence-corrected chi connectivity index (χ4v) is 3.63. The fraction of sp³-hybridized carbons (Fsp3) is 0.316. The Morgan fingerprint density at radius 3 is 2.22 bits per heavy atom. The van der Waals surface area contributed by atoms with E-state index in [2.05, 4.69) is 5.32 Å². The van der Waals surface area contributed by atoms with E-state index in [1.165, 1.54) is 0 Å². The monoisotopic (exact) mass is 409 g/mol. The van der Waals surface area contributed by atoms with E-state index in [4.69, 9.17) is 21.1 Å². The van der Waals surface area contributed by atoms with E-state index in [1.54, 1.807) is 45.0 Å². The molecular weight excluding hydrogens is 390 g/mol. The SMILES string of the molecule is CCOC(=O)c1sc(NC(=O)Cc2ccc(Cl)cc2)c(C(=O)OCC)c1C. The van der Waals surface area contributed by atoms with Gasteiger partial charge in [-0.1, -0.05) is 23.7 Å². The molecule has 1 N–H and O–H groups in total. The Hall–Kier alpha value is -2.38. The van der Waals surface area contributed by atoms with Gasteiger partial charge in [-0.2, -0.15) is 0 Å². The molecule has 1 aromatic carbocycles. The van der Waals surface area contributed by atoms with Gasteiger partial charge in [0.1, 0.15) is 9.88 Å². The van der Waals surface area contributed by atoms with E-state index >= 15 is 0 Å². The molecule has 1 amide bonds. The van der Waals surface area contributed by atoms with Crippen LogP contribution in [0.25, 0.3) is 0 Å². The number of carbonyl (C=O) groups excluding carboxylic acids is 3. The molecule has 2 aromatic rings. The summed E-state index contributed by atoms with van der Waals surface area (Å²) in [6.45, 7) is 5.40. The molecule has 1 heterocycles. The highest BCUT2D eigenvalue weighted by molar-refractivity contribution is 7.18. The Bertz CT molecular complexity index is 845. The van der Waals surface area contributed by atoms with Crippen molar-refractivity contribution in [2.75, 3.05) is 18.5 Å². The number of nitrogens with one attached hydrogen (secondary N) is 1. The van der Waals surface area contributed by atoms with Crippen LogP contribution in [-0.2, 0) is 20.7 Å². The zero-order valence-electron chi connectivity index (χ0n) is 15.3. The maximum atomic E-state index is 12.4. The summed E-state index contributed by atoms with van der Waals surface area (Å²) in [5.74, 6) is -1.45. The molecule has 0 aliphatic heterocycles. The number of amides is 1. The summed E-state index contributed by atoms with van der Waals surface area (Å²) >= 11 is 6.85. The summed E-state index contributed by atoms with van der Waals surface area (Å²) < 4.78 is 10.1. The molecule has 0 aliphatic carbocycles. The maximum Gasteiger partial charge on any atom is 0.348 e. The van der Waals surface area contributed by atoms with Gasteiger partial charge >= 0.3 is 11.9 Å². The Kier molecular flexibility index (Phi) is 7.38. The standard InChI is InChI=1S/C19H20ClNO5S/c1-4-25-18(23)15-11(3)16(19(24)26-5-2)27-17(15)21-14(22)10-12-6-8-13(20)9-7-12/h6-9H,4-5,10H2,1-3H3,(H,21,22). The molecule has 0 aliphatic rings. The normalized spacial score (nSPS) is 10.4. The molecule has 8 heteroatoms. The average molecular weight is 410 g/mol. The third kappa shape index (κ3) is 5.30. The third-order valence-electron chi connectivity index (χ3n) is 3.62. The minimum absolute atomic E-state index is 0.102. The number of anilines is 1. The Labute approximate surface area is 166 Å². The van der Waals surface area contributed by atoms with Crippen molar-refractivity contribution >= 4 is 45.8 Å². The lowest BCUT2D eigenvalue weighted by atomic mass is 10.1. The molecule has 2 rings (SSSR count). The van der Waals surface area contributed by atoms with Crippen LogP contribution in [0.5, 0.6) is 0 Å². The third-order valence-corrected chi connectivity index (χ3v) is 5.06. The number of benzene rings is 1. The van der Waals surface area contributed by atoms with Crippen molar-refractivity contribution in [3.05, 3.63) is 50.9 Å². The van der Waals surface area contributed by atoms with Crippen LogP contribution < -0.4 is 5.32 Å². The highest BCUT2D eigenvalue weighted by atomic mass is 35.5. The summed E-state index contributed by atoms with van der Waals surface area (Å²) in [4.78, 5) is 37.1. The van der Waals surface area contributed by atoms with Gasteiger partial charge < -0.3 is 14.8 Å². The predicted molar refractivity (Wildman–Crippen MR) is 105 cm³/mol. The number of esters is 2. The average Bonchev–Trinajstić information content (AvgIpc) is 2.93. The van der Waals surface area contributed by atoms with E-state index in [0.29, 0.717) is 10.6 Å². The molecule has 0 spiro atoms. The second kappa shape index (κ2) is 9.53. The molecule has 27 heavy (non-hydrogen) atoms. The molecule has 0 radical (unpaired) electrons. The summed E-state index contributed by atoms with van der Waals surface area (Å²) in [5.41, 5.74) is 1.38. The van der Waals surface area contributed by atoms with Crippen LogP contribution in [0.1, 0.15) is 45.0 Å². The number of ether oxygens (including phenoxy) is 2. The summed E-state index contributed by atoms with van der Waals surface area (Å²) in [5, 5.41) is 3.56. The second-order valence-electron chi connectivity index (χ2n) is 5.55. The second-order valence-corrected chi connectivity index (χ2v) is 7.01. The van der Waals surface area contributed by atoms with Gasteiger partial charge in [0.25, 0.3) is 0 Å². The van der Waals surface area contributed by atoms with Gasteiger partial charge in [-0.25, -0.2) is 9.59 Å². The van der Waals surface area contributed by atoms with Gasteiger partial charge in [0.15, 0.2) is 0 Å². The van der Waals surface area contributed by atoms with Crippen molar-refractivity contribution in [2.45, 2.75) is 27.2 Å². The minimum Gasteiger partial charge on any atom is -0.462 e. The lowest BCUT2D eigenvalue weighted by Gasteiger charge is -2.07. The van der Waals surface area contributed by atoms with E-state index in [-0.39, 0.29) is 41.0 Å². The first-order valence-corrected chi connectivity index (χ1v) is 9.58. The van der Waals surface area contributed by atoms with E-state index in [1.807, 2.05) is 0 Å². The highest BCUT2D eigenvalue weighted by Crippen LogP contribution is 2.34. The van der Waals surface area contributed by atoms with Crippen molar-refractivity contribution in [3.63, 3.8) is 0 Å². The minimum atomic E-state index is -0.594. The number of hydrogen-bond acceptors (Lipinski definition) is 6. The Morgan fingerprint density at radius 1 is 1.04 bits per heavy atom. The lowest BCUT2D eigenvalue weighted by Crippen LogP contribution is -2.16. The Balaban J connectivity index is 2.28. The van der Waals surface area contributed by atoms with E-state index in [0.717, 1.165) is 16.9 Å². The molecule has 144 valence electrons. The molecule has 0 bridgehead atoms. The zero-order chi connectivity index (χ0) is 20.0. The number of rotatable bonds is 7. The van der Waals surface area contributed by atoms with Gasteiger partial charge in [0.05, 0.1) is 25.2 Å². The smallest absolute Gasteiger partial charge is 0.348 e. The molecule has 0 atom stereocenters. The maximum absolute atomic E-state index is 12.4. The predicted octanol–water partition coefficient (Wildman–Crippen LogP) is 4.24. The molecule has 0 fully saturated rings. The zero-order valence-corrected chi connectivity index (χ0v) is 16.8. The van der Waals surface area contributed by atoms with Gasteiger partial charge in [-0.3, -0.25) is 4.79 Å².